The van der Waals surface area contributed by atoms with Crippen LogP contribution >= 0.6 is 0 Å². The minimum absolute atomic E-state index is 0.115. The van der Waals surface area contributed by atoms with Crippen molar-refractivity contribution in [2.75, 3.05) is 26.8 Å². The number of benzene rings is 1. The van der Waals surface area contributed by atoms with Crippen molar-refractivity contribution in [3.05, 3.63) is 47.3 Å². The SMILES string of the molecule is COc1ccc(OCCNCC(=O)c2cc(C)n(C(C)C)c2C)cc1. The standard InChI is InChI=1S/C20H28N2O3/c1-14(2)22-15(3)12-19(16(22)4)20(23)13-21-10-11-25-18-8-6-17(24-5)7-9-18/h6-9,12,14,21H,10-11,13H2,1-5H3. The van der Waals surface area contributed by atoms with Gasteiger partial charge in [-0.1, -0.05) is 0 Å². The van der Waals surface area contributed by atoms with Gasteiger partial charge in [-0.2, -0.15) is 0 Å². The van der Waals surface area contributed by atoms with Crippen molar-refractivity contribution in [1.82, 2.24) is 9.88 Å². The van der Waals surface area contributed by atoms with E-state index < -0.39 is 0 Å². The highest BCUT2D eigenvalue weighted by Gasteiger charge is 2.16. The lowest BCUT2D eigenvalue weighted by Crippen LogP contribution is -2.27. The second kappa shape index (κ2) is 8.72. The third kappa shape index (κ3) is 4.86. The van der Waals surface area contributed by atoms with Gasteiger partial charge in [0.15, 0.2) is 5.78 Å². The van der Waals surface area contributed by atoms with Crippen LogP contribution in [0.3, 0.4) is 0 Å². The fourth-order valence-electron chi connectivity index (χ4n) is 3.06. The van der Waals surface area contributed by atoms with Gasteiger partial charge in [0.25, 0.3) is 0 Å². The van der Waals surface area contributed by atoms with Gasteiger partial charge in [-0.05, 0) is 58.0 Å². The van der Waals surface area contributed by atoms with Crippen LogP contribution in [0, 0.1) is 13.8 Å². The smallest absolute Gasteiger partial charge is 0.178 e. The molecule has 1 heterocycles. The first-order valence-corrected chi connectivity index (χ1v) is 8.63. The number of methoxy groups -OCH3 is 1. The van der Waals surface area contributed by atoms with Crippen molar-refractivity contribution in [3.63, 3.8) is 0 Å². The molecule has 0 aliphatic rings. The van der Waals surface area contributed by atoms with Crippen LogP contribution in [-0.4, -0.2) is 37.2 Å². The molecular formula is C20H28N2O3. The number of hydrogen-bond acceptors (Lipinski definition) is 4. The second-order valence-electron chi connectivity index (χ2n) is 6.37. The first-order chi connectivity index (χ1) is 11.9. The van der Waals surface area contributed by atoms with Crippen LogP contribution in [0.2, 0.25) is 0 Å². The molecule has 2 aromatic rings. The highest BCUT2D eigenvalue weighted by Crippen LogP contribution is 2.20. The number of Topliss-reactive ketones (excluding diaryl/α,β-unsaturated/α-hetero) is 1. The molecule has 1 aromatic heterocycles. The highest BCUT2D eigenvalue weighted by atomic mass is 16.5. The molecule has 2 rings (SSSR count). The van der Waals surface area contributed by atoms with Crippen LogP contribution in [0.1, 0.15) is 41.6 Å². The Balaban J connectivity index is 1.78. The maximum atomic E-state index is 12.4. The minimum Gasteiger partial charge on any atom is -0.497 e. The zero-order chi connectivity index (χ0) is 18.4. The van der Waals surface area contributed by atoms with Crippen LogP contribution in [0.4, 0.5) is 0 Å². The quantitative estimate of drug-likeness (QED) is 0.558. The fraction of sp³-hybridized carbons (Fsp3) is 0.450. The van der Waals surface area contributed by atoms with Gasteiger partial charge in [0, 0.05) is 29.5 Å². The number of ether oxygens (including phenoxy) is 2. The minimum atomic E-state index is 0.115. The molecule has 0 saturated heterocycles. The first kappa shape index (κ1) is 19.1. The molecule has 1 aromatic carbocycles. The summed E-state index contributed by atoms with van der Waals surface area (Å²) in [6, 6.07) is 9.78. The van der Waals surface area contributed by atoms with Gasteiger partial charge in [-0.25, -0.2) is 0 Å². The largest absolute Gasteiger partial charge is 0.497 e. The lowest BCUT2D eigenvalue weighted by Gasteiger charge is -2.13. The molecule has 0 spiro atoms. The Morgan fingerprint density at radius 3 is 2.36 bits per heavy atom. The molecule has 0 fully saturated rings. The van der Waals surface area contributed by atoms with E-state index in [0.29, 0.717) is 25.7 Å². The van der Waals surface area contributed by atoms with E-state index in [1.807, 2.05) is 44.2 Å². The molecule has 136 valence electrons. The molecule has 0 bridgehead atoms. The Kier molecular flexibility index (Phi) is 6.65. The third-order valence-electron chi connectivity index (χ3n) is 4.19. The average molecular weight is 344 g/mol. The summed E-state index contributed by atoms with van der Waals surface area (Å²) in [4.78, 5) is 12.4. The topological polar surface area (TPSA) is 52.5 Å². The number of ketones is 1. The summed E-state index contributed by atoms with van der Waals surface area (Å²) >= 11 is 0. The van der Waals surface area contributed by atoms with Crippen molar-refractivity contribution in [2.24, 2.45) is 0 Å². The zero-order valence-corrected chi connectivity index (χ0v) is 15.8. The molecule has 0 saturated carbocycles. The predicted molar refractivity (Wildman–Crippen MR) is 100.0 cm³/mol. The van der Waals surface area contributed by atoms with Crippen LogP contribution < -0.4 is 14.8 Å². The Morgan fingerprint density at radius 1 is 1.16 bits per heavy atom. The molecule has 0 aliphatic carbocycles. The number of aromatic nitrogens is 1. The highest BCUT2D eigenvalue weighted by molar-refractivity contribution is 5.99. The van der Waals surface area contributed by atoms with Crippen molar-refractivity contribution < 1.29 is 14.3 Å². The summed E-state index contributed by atoms with van der Waals surface area (Å²) < 4.78 is 12.9. The molecule has 0 aliphatic heterocycles. The van der Waals surface area contributed by atoms with E-state index in [1.54, 1.807) is 7.11 Å². The Morgan fingerprint density at radius 2 is 1.80 bits per heavy atom. The number of carbonyl (C=O) groups excluding carboxylic acids is 1. The molecule has 5 heteroatoms. The number of carbonyl (C=O) groups is 1. The van der Waals surface area contributed by atoms with Gasteiger partial charge < -0.3 is 19.4 Å². The van der Waals surface area contributed by atoms with E-state index in [9.17, 15) is 4.79 Å². The number of rotatable bonds is 9. The second-order valence-corrected chi connectivity index (χ2v) is 6.37. The summed E-state index contributed by atoms with van der Waals surface area (Å²) in [6.07, 6.45) is 0. The van der Waals surface area contributed by atoms with Crippen molar-refractivity contribution in [2.45, 2.75) is 33.7 Å². The van der Waals surface area contributed by atoms with E-state index in [-0.39, 0.29) is 5.78 Å². The Bertz CT molecular complexity index is 702. The van der Waals surface area contributed by atoms with Gasteiger partial charge in [0.1, 0.15) is 18.1 Å². The van der Waals surface area contributed by atoms with E-state index in [2.05, 4.69) is 23.7 Å². The predicted octanol–water partition coefficient (Wildman–Crippen LogP) is 3.55. The molecule has 25 heavy (non-hydrogen) atoms. The molecule has 0 atom stereocenters. The third-order valence-corrected chi connectivity index (χ3v) is 4.19. The first-order valence-electron chi connectivity index (χ1n) is 8.63. The van der Waals surface area contributed by atoms with E-state index >= 15 is 0 Å². The zero-order valence-electron chi connectivity index (χ0n) is 15.8. The summed E-state index contributed by atoms with van der Waals surface area (Å²) in [5, 5.41) is 3.15. The van der Waals surface area contributed by atoms with Gasteiger partial charge in [0.2, 0.25) is 0 Å². The molecule has 0 unspecified atom stereocenters. The molecular weight excluding hydrogens is 316 g/mol. The normalized spacial score (nSPS) is 11.0. The fourth-order valence-corrected chi connectivity index (χ4v) is 3.06. The lowest BCUT2D eigenvalue weighted by molar-refractivity contribution is 0.0989. The monoisotopic (exact) mass is 344 g/mol. The summed E-state index contributed by atoms with van der Waals surface area (Å²) in [5.41, 5.74) is 2.96. The molecule has 0 radical (unpaired) electrons. The van der Waals surface area contributed by atoms with E-state index in [0.717, 1.165) is 28.5 Å². The molecule has 5 nitrogen and oxygen atoms in total. The molecule has 0 amide bonds. The van der Waals surface area contributed by atoms with Crippen molar-refractivity contribution >= 4 is 5.78 Å². The van der Waals surface area contributed by atoms with Gasteiger partial charge in [-0.15, -0.1) is 0 Å². The summed E-state index contributed by atoms with van der Waals surface area (Å²) in [5.74, 6) is 1.70. The summed E-state index contributed by atoms with van der Waals surface area (Å²) in [6.45, 7) is 9.73. The Hall–Kier alpha value is -2.27. The lowest BCUT2D eigenvalue weighted by atomic mass is 10.1. The number of nitrogens with one attached hydrogen (secondary N) is 1. The number of aryl methyl sites for hydroxylation is 1. The van der Waals surface area contributed by atoms with Crippen LogP contribution in [0.15, 0.2) is 30.3 Å². The Labute approximate surface area is 149 Å². The van der Waals surface area contributed by atoms with Gasteiger partial charge >= 0.3 is 0 Å². The van der Waals surface area contributed by atoms with Crippen LogP contribution in [0.5, 0.6) is 11.5 Å². The van der Waals surface area contributed by atoms with E-state index in [1.165, 1.54) is 0 Å². The molecule has 1 N–H and O–H groups in total. The van der Waals surface area contributed by atoms with Crippen molar-refractivity contribution in [1.29, 1.82) is 0 Å². The number of hydrogen-bond donors (Lipinski definition) is 1. The van der Waals surface area contributed by atoms with Crippen LogP contribution in [0.25, 0.3) is 0 Å². The van der Waals surface area contributed by atoms with Gasteiger partial charge in [0.05, 0.1) is 13.7 Å². The van der Waals surface area contributed by atoms with E-state index in [4.69, 9.17) is 9.47 Å². The maximum Gasteiger partial charge on any atom is 0.178 e. The van der Waals surface area contributed by atoms with Gasteiger partial charge in [-0.3, -0.25) is 4.79 Å². The maximum absolute atomic E-state index is 12.4. The summed E-state index contributed by atoms with van der Waals surface area (Å²) in [7, 11) is 1.63. The number of nitrogens with zero attached hydrogens (tertiary/aromatic N) is 1. The van der Waals surface area contributed by atoms with Crippen LogP contribution in [-0.2, 0) is 0 Å². The average Bonchev–Trinajstić information content (AvgIpc) is 2.89. The van der Waals surface area contributed by atoms with Crippen molar-refractivity contribution in [3.8, 4) is 11.5 Å².